The number of likely N-dealkylation sites (N-methyl/N-ethyl adjacent to an activating group) is 1. The van der Waals surface area contributed by atoms with Gasteiger partial charge in [-0.15, -0.1) is 0 Å². The molecule has 0 radical (unpaired) electrons. The van der Waals surface area contributed by atoms with Crippen molar-refractivity contribution < 1.29 is 27.2 Å². The van der Waals surface area contributed by atoms with Crippen LogP contribution in [0.3, 0.4) is 0 Å². The maximum Gasteiger partial charge on any atom is 0.339 e. The first kappa shape index (κ1) is 24.4. The van der Waals surface area contributed by atoms with Gasteiger partial charge in [-0.1, -0.05) is 17.7 Å². The highest BCUT2D eigenvalue weighted by molar-refractivity contribution is 7.89. The number of rotatable bonds is 7. The summed E-state index contributed by atoms with van der Waals surface area (Å²) < 4.78 is 36.8. The highest BCUT2D eigenvalue weighted by Crippen LogP contribution is 2.29. The summed E-state index contributed by atoms with van der Waals surface area (Å²) in [6.45, 7) is 0.923. The normalized spacial score (nSPS) is 13.0. The van der Waals surface area contributed by atoms with Gasteiger partial charge in [-0.05, 0) is 56.0 Å². The average molecular weight is 500 g/mol. The van der Waals surface area contributed by atoms with Gasteiger partial charge in [-0.3, -0.25) is 20.4 Å². The van der Waals surface area contributed by atoms with Gasteiger partial charge < -0.3 is 9.15 Å². The van der Waals surface area contributed by atoms with E-state index >= 15 is 0 Å². The van der Waals surface area contributed by atoms with E-state index in [0.717, 1.165) is 39.2 Å². The highest BCUT2D eigenvalue weighted by Gasteiger charge is 2.23. The van der Waals surface area contributed by atoms with Crippen LogP contribution in [0.25, 0.3) is 11.0 Å². The van der Waals surface area contributed by atoms with Crippen LogP contribution in [0, 0.1) is 6.92 Å². The SMILES string of the molecule is Cc1ccc(S(=O)(=O)N(C)CC(=O)NNC(=O)COc2ccc3c4c(c(=O)oc3c2)CCC4)cc1. The summed E-state index contributed by atoms with van der Waals surface area (Å²) in [5.74, 6) is -1.06. The number of benzene rings is 2. The molecule has 0 bridgehead atoms. The molecule has 2 N–H and O–H groups in total. The number of hydrogen-bond acceptors (Lipinski definition) is 7. The fourth-order valence-corrected chi connectivity index (χ4v) is 5.02. The van der Waals surface area contributed by atoms with Crippen molar-refractivity contribution in [2.45, 2.75) is 31.1 Å². The number of sulfonamides is 1. The molecule has 2 aromatic carbocycles. The molecule has 0 saturated carbocycles. The second-order valence-electron chi connectivity index (χ2n) is 8.32. The van der Waals surface area contributed by atoms with Gasteiger partial charge >= 0.3 is 5.63 Å². The van der Waals surface area contributed by atoms with Gasteiger partial charge in [0, 0.05) is 24.1 Å². The fraction of sp³-hybridized carbons (Fsp3) is 0.292. The van der Waals surface area contributed by atoms with E-state index in [1.165, 1.54) is 19.2 Å². The van der Waals surface area contributed by atoms with Crippen LogP contribution in [0.1, 0.15) is 23.1 Å². The summed E-state index contributed by atoms with van der Waals surface area (Å²) in [6.07, 6.45) is 2.45. The second kappa shape index (κ2) is 9.88. The Kier molecular flexibility index (Phi) is 6.90. The molecule has 0 saturated heterocycles. The van der Waals surface area contributed by atoms with Gasteiger partial charge in [0.2, 0.25) is 10.0 Å². The molecule has 0 atom stereocenters. The van der Waals surface area contributed by atoms with E-state index < -0.39 is 35.0 Å². The van der Waals surface area contributed by atoms with Crippen LogP contribution in [0.15, 0.2) is 56.6 Å². The van der Waals surface area contributed by atoms with Crippen molar-refractivity contribution in [1.82, 2.24) is 15.2 Å². The van der Waals surface area contributed by atoms with Crippen molar-refractivity contribution in [3.63, 3.8) is 0 Å². The Labute approximate surface area is 201 Å². The molecule has 184 valence electrons. The summed E-state index contributed by atoms with van der Waals surface area (Å²) in [5.41, 5.74) is 7.01. The van der Waals surface area contributed by atoms with Gasteiger partial charge in [0.05, 0.1) is 11.4 Å². The number of ether oxygens (including phenoxy) is 1. The molecule has 11 heteroatoms. The number of carbonyl (C=O) groups excluding carboxylic acids is 2. The van der Waals surface area contributed by atoms with Gasteiger partial charge in [-0.25, -0.2) is 13.2 Å². The first-order valence-electron chi connectivity index (χ1n) is 11.0. The van der Waals surface area contributed by atoms with Crippen molar-refractivity contribution in [3.05, 3.63) is 69.6 Å². The summed E-state index contributed by atoms with van der Waals surface area (Å²) in [7, 11) is -2.59. The number of nitrogens with one attached hydrogen (secondary N) is 2. The lowest BCUT2D eigenvalue weighted by Crippen LogP contribution is -2.48. The van der Waals surface area contributed by atoms with E-state index in [1.807, 2.05) is 6.92 Å². The Hall–Kier alpha value is -3.70. The number of fused-ring (bicyclic) bond motifs is 3. The van der Waals surface area contributed by atoms with E-state index in [4.69, 9.17) is 9.15 Å². The molecule has 2 amide bonds. The van der Waals surface area contributed by atoms with Gasteiger partial charge in [-0.2, -0.15) is 4.31 Å². The molecule has 0 aliphatic heterocycles. The Morgan fingerprint density at radius 3 is 2.46 bits per heavy atom. The van der Waals surface area contributed by atoms with Crippen LogP contribution in [-0.4, -0.2) is 44.7 Å². The Balaban J connectivity index is 1.28. The van der Waals surface area contributed by atoms with Crippen LogP contribution >= 0.6 is 0 Å². The van der Waals surface area contributed by atoms with Crippen LogP contribution in [-0.2, 0) is 32.5 Å². The standard InChI is InChI=1S/C24H25N3O7S/c1-15-6-9-17(10-7-15)35(31,32)27(2)13-22(28)25-26-23(29)14-33-16-8-11-19-18-4-3-5-20(18)24(30)34-21(19)12-16/h6-12H,3-5,13-14H2,1-2H3,(H,25,28)(H,26,29). The number of hydrogen-bond donors (Lipinski definition) is 2. The number of aryl methyl sites for hydroxylation is 2. The number of carbonyl (C=O) groups is 2. The molecule has 1 aliphatic carbocycles. The first-order chi connectivity index (χ1) is 16.6. The van der Waals surface area contributed by atoms with E-state index in [-0.39, 0.29) is 10.5 Å². The summed E-state index contributed by atoms with van der Waals surface area (Å²) >= 11 is 0. The third-order valence-corrected chi connectivity index (χ3v) is 7.57. The van der Waals surface area contributed by atoms with Crippen LogP contribution in [0.2, 0.25) is 0 Å². The minimum absolute atomic E-state index is 0.0620. The predicted octanol–water partition coefficient (Wildman–Crippen LogP) is 1.44. The number of nitrogens with zero attached hydrogens (tertiary/aromatic N) is 1. The third-order valence-electron chi connectivity index (χ3n) is 5.75. The molecule has 0 fully saturated rings. The summed E-state index contributed by atoms with van der Waals surface area (Å²) in [5, 5.41) is 0.853. The lowest BCUT2D eigenvalue weighted by molar-refractivity contribution is -0.130. The van der Waals surface area contributed by atoms with Gasteiger partial charge in [0.15, 0.2) is 6.61 Å². The van der Waals surface area contributed by atoms with Crippen molar-refractivity contribution in [2.24, 2.45) is 0 Å². The molecule has 35 heavy (non-hydrogen) atoms. The van der Waals surface area contributed by atoms with Crippen molar-refractivity contribution in [1.29, 1.82) is 0 Å². The number of hydrazine groups is 1. The van der Waals surface area contributed by atoms with Crippen LogP contribution in [0.5, 0.6) is 5.75 Å². The highest BCUT2D eigenvalue weighted by atomic mass is 32.2. The quantitative estimate of drug-likeness (QED) is 0.371. The zero-order valence-electron chi connectivity index (χ0n) is 19.3. The monoisotopic (exact) mass is 499 g/mol. The van der Waals surface area contributed by atoms with Crippen molar-refractivity contribution in [3.8, 4) is 5.75 Å². The maximum absolute atomic E-state index is 12.6. The van der Waals surface area contributed by atoms with Gasteiger partial charge in [0.1, 0.15) is 11.3 Å². The molecule has 0 unspecified atom stereocenters. The topological polar surface area (TPSA) is 135 Å². The Bertz CT molecular complexity index is 1450. The van der Waals surface area contributed by atoms with Crippen molar-refractivity contribution in [2.75, 3.05) is 20.2 Å². The lowest BCUT2D eigenvalue weighted by atomic mass is 10.1. The minimum Gasteiger partial charge on any atom is -0.484 e. The number of amides is 2. The van der Waals surface area contributed by atoms with E-state index in [9.17, 15) is 22.8 Å². The third kappa shape index (κ3) is 5.36. The Morgan fingerprint density at radius 1 is 1.03 bits per heavy atom. The van der Waals surface area contributed by atoms with Gasteiger partial charge in [0.25, 0.3) is 11.8 Å². The summed E-state index contributed by atoms with van der Waals surface area (Å²) in [6, 6.07) is 11.3. The molecule has 1 aliphatic rings. The minimum atomic E-state index is -3.86. The summed E-state index contributed by atoms with van der Waals surface area (Å²) in [4.78, 5) is 36.4. The lowest BCUT2D eigenvalue weighted by Gasteiger charge is -2.17. The fourth-order valence-electron chi connectivity index (χ4n) is 3.90. The maximum atomic E-state index is 12.6. The Morgan fingerprint density at radius 2 is 1.71 bits per heavy atom. The van der Waals surface area contributed by atoms with Crippen LogP contribution in [0.4, 0.5) is 0 Å². The van der Waals surface area contributed by atoms with Crippen LogP contribution < -0.4 is 21.2 Å². The smallest absolute Gasteiger partial charge is 0.339 e. The first-order valence-corrected chi connectivity index (χ1v) is 12.4. The molecule has 10 nitrogen and oxygen atoms in total. The molecule has 1 heterocycles. The molecular formula is C24H25N3O7S. The van der Waals surface area contributed by atoms with E-state index in [2.05, 4.69) is 10.9 Å². The molecule has 3 aromatic rings. The molecule has 0 spiro atoms. The van der Waals surface area contributed by atoms with E-state index in [0.29, 0.717) is 17.8 Å². The molecule has 1 aromatic heterocycles. The zero-order chi connectivity index (χ0) is 25.2. The van der Waals surface area contributed by atoms with Crippen molar-refractivity contribution >= 4 is 32.8 Å². The van der Waals surface area contributed by atoms with E-state index in [1.54, 1.807) is 30.3 Å². The predicted molar refractivity (Wildman–Crippen MR) is 127 cm³/mol. The largest absolute Gasteiger partial charge is 0.484 e. The molecular weight excluding hydrogens is 474 g/mol. The average Bonchev–Trinajstić information content (AvgIpc) is 3.32. The second-order valence-corrected chi connectivity index (χ2v) is 10.4. The zero-order valence-corrected chi connectivity index (χ0v) is 20.1. The molecule has 4 rings (SSSR count).